The number of likely N-dealkylation sites (N-methyl/N-ethyl adjacent to an activating group) is 1. The van der Waals surface area contributed by atoms with E-state index < -0.39 is 0 Å². The van der Waals surface area contributed by atoms with E-state index in [9.17, 15) is 0 Å². The van der Waals surface area contributed by atoms with E-state index in [1.807, 2.05) is 19.3 Å². The Balaban J connectivity index is 2.29. The minimum atomic E-state index is 0.314. The lowest BCUT2D eigenvalue weighted by Gasteiger charge is -2.19. The molecule has 0 amide bonds. The van der Waals surface area contributed by atoms with Crippen LogP contribution in [-0.2, 0) is 6.42 Å². The Hall–Kier alpha value is -1.67. The maximum absolute atomic E-state index is 4.39. The number of nitrogens with one attached hydrogen (secondary N) is 1. The summed E-state index contributed by atoms with van der Waals surface area (Å²) in [5, 5.41) is 3.41. The van der Waals surface area contributed by atoms with E-state index in [0.29, 0.717) is 6.04 Å². The summed E-state index contributed by atoms with van der Waals surface area (Å²) in [6, 6.07) is 11.1. The molecular formula is C17H22N2. The SMILES string of the molecule is CNC(Cc1cc(C)ccc1C)c1cccnc1C. The van der Waals surface area contributed by atoms with Gasteiger partial charge >= 0.3 is 0 Å². The average Bonchev–Trinajstić information content (AvgIpc) is 2.41. The highest BCUT2D eigenvalue weighted by Crippen LogP contribution is 2.22. The highest BCUT2D eigenvalue weighted by atomic mass is 14.9. The molecule has 0 radical (unpaired) electrons. The predicted octanol–water partition coefficient (Wildman–Crippen LogP) is 3.51. The molecule has 0 aliphatic heterocycles. The summed E-state index contributed by atoms with van der Waals surface area (Å²) in [7, 11) is 2.02. The van der Waals surface area contributed by atoms with E-state index in [2.05, 4.69) is 55.3 Å². The third-order valence-electron chi connectivity index (χ3n) is 3.70. The summed E-state index contributed by atoms with van der Waals surface area (Å²) in [5.41, 5.74) is 6.46. The predicted molar refractivity (Wildman–Crippen MR) is 80.4 cm³/mol. The van der Waals surface area contributed by atoms with Crippen molar-refractivity contribution in [1.29, 1.82) is 0 Å². The van der Waals surface area contributed by atoms with Crippen LogP contribution in [0.1, 0.15) is 34.0 Å². The molecule has 0 fully saturated rings. The van der Waals surface area contributed by atoms with Gasteiger partial charge in [0.2, 0.25) is 0 Å². The lowest BCUT2D eigenvalue weighted by molar-refractivity contribution is 0.584. The highest BCUT2D eigenvalue weighted by molar-refractivity contribution is 5.33. The van der Waals surface area contributed by atoms with Gasteiger partial charge in [-0.3, -0.25) is 4.98 Å². The van der Waals surface area contributed by atoms with Gasteiger partial charge in [-0.1, -0.05) is 29.8 Å². The molecule has 1 unspecified atom stereocenters. The molecule has 1 aromatic heterocycles. The summed E-state index contributed by atoms with van der Waals surface area (Å²) < 4.78 is 0. The van der Waals surface area contributed by atoms with Crippen LogP contribution in [0.3, 0.4) is 0 Å². The number of hydrogen-bond acceptors (Lipinski definition) is 2. The molecule has 0 aliphatic carbocycles. The van der Waals surface area contributed by atoms with Gasteiger partial charge in [-0.05, 0) is 57.0 Å². The number of aryl methyl sites for hydroxylation is 3. The smallest absolute Gasteiger partial charge is 0.0420 e. The maximum atomic E-state index is 4.39. The minimum Gasteiger partial charge on any atom is -0.313 e. The fourth-order valence-corrected chi connectivity index (χ4v) is 2.47. The van der Waals surface area contributed by atoms with Crippen molar-refractivity contribution in [2.75, 3.05) is 7.05 Å². The second kappa shape index (κ2) is 5.98. The van der Waals surface area contributed by atoms with Crippen LogP contribution < -0.4 is 5.32 Å². The van der Waals surface area contributed by atoms with Crippen molar-refractivity contribution in [2.24, 2.45) is 0 Å². The first-order valence-corrected chi connectivity index (χ1v) is 6.76. The van der Waals surface area contributed by atoms with Crippen LogP contribution in [-0.4, -0.2) is 12.0 Å². The Morgan fingerprint density at radius 2 is 1.95 bits per heavy atom. The van der Waals surface area contributed by atoms with Crippen LogP contribution in [0, 0.1) is 20.8 Å². The largest absolute Gasteiger partial charge is 0.313 e. The molecule has 0 bridgehead atoms. The molecule has 2 nitrogen and oxygen atoms in total. The van der Waals surface area contributed by atoms with E-state index in [-0.39, 0.29) is 0 Å². The quantitative estimate of drug-likeness (QED) is 0.903. The lowest BCUT2D eigenvalue weighted by atomic mass is 9.94. The highest BCUT2D eigenvalue weighted by Gasteiger charge is 2.14. The molecule has 1 atom stereocenters. The first kappa shape index (κ1) is 13.8. The molecule has 2 heteroatoms. The van der Waals surface area contributed by atoms with Crippen molar-refractivity contribution < 1.29 is 0 Å². The lowest BCUT2D eigenvalue weighted by Crippen LogP contribution is -2.20. The molecule has 0 spiro atoms. The fourth-order valence-electron chi connectivity index (χ4n) is 2.47. The van der Waals surface area contributed by atoms with Crippen molar-refractivity contribution in [2.45, 2.75) is 33.2 Å². The molecule has 2 aromatic rings. The van der Waals surface area contributed by atoms with Crippen molar-refractivity contribution in [3.63, 3.8) is 0 Å². The monoisotopic (exact) mass is 254 g/mol. The van der Waals surface area contributed by atoms with E-state index in [0.717, 1.165) is 12.1 Å². The first-order valence-electron chi connectivity index (χ1n) is 6.76. The third-order valence-corrected chi connectivity index (χ3v) is 3.70. The van der Waals surface area contributed by atoms with E-state index in [4.69, 9.17) is 0 Å². The molecule has 100 valence electrons. The average molecular weight is 254 g/mol. The number of nitrogens with zero attached hydrogens (tertiary/aromatic N) is 1. The van der Waals surface area contributed by atoms with Gasteiger partial charge in [-0.25, -0.2) is 0 Å². The van der Waals surface area contributed by atoms with Crippen LogP contribution in [0.4, 0.5) is 0 Å². The van der Waals surface area contributed by atoms with Gasteiger partial charge < -0.3 is 5.32 Å². The molecule has 0 aliphatic rings. The van der Waals surface area contributed by atoms with Crippen LogP contribution in [0.2, 0.25) is 0 Å². The summed E-state index contributed by atoms with van der Waals surface area (Å²) >= 11 is 0. The van der Waals surface area contributed by atoms with Crippen molar-refractivity contribution in [1.82, 2.24) is 10.3 Å². The fraction of sp³-hybridized carbons (Fsp3) is 0.353. The van der Waals surface area contributed by atoms with Crippen LogP contribution in [0.15, 0.2) is 36.5 Å². The Kier molecular flexibility index (Phi) is 4.33. The summed E-state index contributed by atoms with van der Waals surface area (Å²) in [4.78, 5) is 4.39. The van der Waals surface area contributed by atoms with Gasteiger partial charge in [-0.15, -0.1) is 0 Å². The van der Waals surface area contributed by atoms with Gasteiger partial charge in [-0.2, -0.15) is 0 Å². The third kappa shape index (κ3) is 3.21. The zero-order valence-electron chi connectivity index (χ0n) is 12.2. The molecular weight excluding hydrogens is 232 g/mol. The van der Waals surface area contributed by atoms with Crippen LogP contribution in [0.5, 0.6) is 0 Å². The Morgan fingerprint density at radius 1 is 1.16 bits per heavy atom. The Morgan fingerprint density at radius 3 is 2.63 bits per heavy atom. The number of rotatable bonds is 4. The van der Waals surface area contributed by atoms with Crippen molar-refractivity contribution in [3.05, 3.63) is 64.5 Å². The summed E-state index contributed by atoms with van der Waals surface area (Å²) in [6.45, 7) is 6.40. The van der Waals surface area contributed by atoms with Gasteiger partial charge in [0.25, 0.3) is 0 Å². The zero-order chi connectivity index (χ0) is 13.8. The molecule has 0 saturated carbocycles. The number of benzene rings is 1. The second-order valence-electron chi connectivity index (χ2n) is 5.15. The second-order valence-corrected chi connectivity index (χ2v) is 5.15. The van der Waals surface area contributed by atoms with Crippen LogP contribution in [0.25, 0.3) is 0 Å². The normalized spacial score (nSPS) is 12.4. The van der Waals surface area contributed by atoms with Gasteiger partial charge in [0.15, 0.2) is 0 Å². The molecule has 0 saturated heterocycles. The number of hydrogen-bond donors (Lipinski definition) is 1. The Labute approximate surface area is 115 Å². The molecule has 2 rings (SSSR count). The maximum Gasteiger partial charge on any atom is 0.0420 e. The number of pyridine rings is 1. The van der Waals surface area contributed by atoms with Gasteiger partial charge in [0.1, 0.15) is 0 Å². The first-order chi connectivity index (χ1) is 9.11. The molecule has 1 aromatic carbocycles. The van der Waals surface area contributed by atoms with Crippen LogP contribution >= 0.6 is 0 Å². The van der Waals surface area contributed by atoms with Gasteiger partial charge in [0, 0.05) is 17.9 Å². The van der Waals surface area contributed by atoms with E-state index >= 15 is 0 Å². The summed E-state index contributed by atoms with van der Waals surface area (Å²) in [5.74, 6) is 0. The van der Waals surface area contributed by atoms with Gasteiger partial charge in [0.05, 0.1) is 0 Å². The van der Waals surface area contributed by atoms with Crippen molar-refractivity contribution >= 4 is 0 Å². The van der Waals surface area contributed by atoms with E-state index in [1.54, 1.807) is 0 Å². The molecule has 1 N–H and O–H groups in total. The Bertz CT molecular complexity index is 561. The van der Waals surface area contributed by atoms with E-state index in [1.165, 1.54) is 22.3 Å². The van der Waals surface area contributed by atoms with Crippen molar-refractivity contribution in [3.8, 4) is 0 Å². The topological polar surface area (TPSA) is 24.9 Å². The number of aromatic nitrogens is 1. The zero-order valence-corrected chi connectivity index (χ0v) is 12.2. The summed E-state index contributed by atoms with van der Waals surface area (Å²) in [6.07, 6.45) is 2.85. The molecule has 19 heavy (non-hydrogen) atoms. The molecule has 1 heterocycles. The standard InChI is InChI=1S/C17H22N2/c1-12-7-8-13(2)15(10-12)11-17(18-4)16-6-5-9-19-14(16)3/h5-10,17-18H,11H2,1-4H3. The minimum absolute atomic E-state index is 0.314.